The van der Waals surface area contributed by atoms with Crippen LogP contribution in [0.1, 0.15) is 15.9 Å². The van der Waals surface area contributed by atoms with Gasteiger partial charge in [0.25, 0.3) is 5.91 Å². The summed E-state index contributed by atoms with van der Waals surface area (Å²) in [5, 5.41) is 16.6. The Bertz CT molecular complexity index is 869. The molecule has 0 atom stereocenters. The van der Waals surface area contributed by atoms with E-state index in [1.165, 1.54) is 19.2 Å². The molecule has 0 fully saturated rings. The molecule has 0 saturated carbocycles. The highest BCUT2D eigenvalue weighted by molar-refractivity contribution is 6.31. The van der Waals surface area contributed by atoms with Crippen LogP contribution in [0, 0.1) is 17.0 Å². The number of anilines is 1. The number of nitro benzene ring substituents is 1. The van der Waals surface area contributed by atoms with E-state index in [-0.39, 0.29) is 23.5 Å². The second-order valence-corrected chi connectivity index (χ2v) is 5.69. The lowest BCUT2D eigenvalue weighted by Gasteiger charge is -2.10. The number of methoxy groups -OCH3 is 1. The fraction of sp³-hybridized carbons (Fsp3) is 0.176. The molecule has 2 N–H and O–H groups in total. The van der Waals surface area contributed by atoms with Crippen molar-refractivity contribution in [3.63, 3.8) is 0 Å². The molecular formula is C17H16ClN3O5. The van der Waals surface area contributed by atoms with Crippen molar-refractivity contribution in [3.8, 4) is 5.75 Å². The number of nitro groups is 1. The van der Waals surface area contributed by atoms with Crippen molar-refractivity contribution < 1.29 is 19.2 Å². The van der Waals surface area contributed by atoms with Crippen LogP contribution in [0.25, 0.3) is 0 Å². The van der Waals surface area contributed by atoms with E-state index in [1.807, 2.05) is 0 Å². The van der Waals surface area contributed by atoms with Gasteiger partial charge in [-0.15, -0.1) is 0 Å². The van der Waals surface area contributed by atoms with Crippen molar-refractivity contribution in [2.75, 3.05) is 19.0 Å². The first-order valence-corrected chi connectivity index (χ1v) is 7.87. The Kier molecular flexibility index (Phi) is 6.13. The smallest absolute Gasteiger partial charge is 0.311 e. The summed E-state index contributed by atoms with van der Waals surface area (Å²) in [6, 6.07) is 8.87. The van der Waals surface area contributed by atoms with Crippen LogP contribution >= 0.6 is 11.6 Å². The molecule has 8 nitrogen and oxygen atoms in total. The van der Waals surface area contributed by atoms with Gasteiger partial charge >= 0.3 is 5.69 Å². The van der Waals surface area contributed by atoms with Gasteiger partial charge in [0.2, 0.25) is 5.91 Å². The first-order valence-electron chi connectivity index (χ1n) is 7.49. The fourth-order valence-electron chi connectivity index (χ4n) is 2.17. The van der Waals surface area contributed by atoms with Crippen molar-refractivity contribution in [2.24, 2.45) is 0 Å². The van der Waals surface area contributed by atoms with Gasteiger partial charge in [-0.1, -0.05) is 17.7 Å². The highest BCUT2D eigenvalue weighted by atomic mass is 35.5. The normalized spacial score (nSPS) is 10.1. The minimum absolute atomic E-state index is 0.0423. The lowest BCUT2D eigenvalue weighted by Crippen LogP contribution is -2.33. The molecule has 9 heteroatoms. The molecule has 2 amide bonds. The van der Waals surface area contributed by atoms with E-state index >= 15 is 0 Å². The van der Waals surface area contributed by atoms with Gasteiger partial charge in [-0.2, -0.15) is 0 Å². The highest BCUT2D eigenvalue weighted by Crippen LogP contribution is 2.27. The van der Waals surface area contributed by atoms with Crippen LogP contribution in [-0.2, 0) is 4.79 Å². The zero-order valence-corrected chi connectivity index (χ0v) is 14.8. The quantitative estimate of drug-likeness (QED) is 0.594. The van der Waals surface area contributed by atoms with Gasteiger partial charge in [0.1, 0.15) is 0 Å². The van der Waals surface area contributed by atoms with Gasteiger partial charge in [-0.05, 0) is 36.8 Å². The van der Waals surface area contributed by atoms with Crippen LogP contribution in [0.15, 0.2) is 36.4 Å². The fourth-order valence-corrected chi connectivity index (χ4v) is 2.35. The molecule has 136 valence electrons. The molecule has 2 aromatic rings. The van der Waals surface area contributed by atoms with Crippen LogP contribution in [0.2, 0.25) is 5.02 Å². The third-order valence-electron chi connectivity index (χ3n) is 3.59. The first-order chi connectivity index (χ1) is 12.3. The Hall–Kier alpha value is -3.13. The molecule has 0 unspecified atom stereocenters. The monoisotopic (exact) mass is 377 g/mol. The highest BCUT2D eigenvalue weighted by Gasteiger charge is 2.18. The van der Waals surface area contributed by atoms with Crippen LogP contribution in [0.5, 0.6) is 5.75 Å². The van der Waals surface area contributed by atoms with Crippen molar-refractivity contribution >= 4 is 34.8 Å². The van der Waals surface area contributed by atoms with Gasteiger partial charge in [0.15, 0.2) is 5.75 Å². The van der Waals surface area contributed by atoms with Crippen LogP contribution < -0.4 is 15.4 Å². The maximum atomic E-state index is 12.1. The number of halogens is 1. The number of hydrogen-bond acceptors (Lipinski definition) is 5. The lowest BCUT2D eigenvalue weighted by molar-refractivity contribution is -0.385. The molecular weight excluding hydrogens is 362 g/mol. The summed E-state index contributed by atoms with van der Waals surface area (Å²) < 4.78 is 4.88. The van der Waals surface area contributed by atoms with E-state index in [0.717, 1.165) is 6.07 Å². The summed E-state index contributed by atoms with van der Waals surface area (Å²) in [6.45, 7) is 1.46. The van der Waals surface area contributed by atoms with E-state index in [2.05, 4.69) is 10.6 Å². The first kappa shape index (κ1) is 19.2. The van der Waals surface area contributed by atoms with Crippen LogP contribution in [0.4, 0.5) is 11.4 Å². The van der Waals surface area contributed by atoms with E-state index in [9.17, 15) is 19.7 Å². The molecule has 0 bridgehead atoms. The molecule has 0 aromatic heterocycles. The Morgan fingerprint density at radius 1 is 1.27 bits per heavy atom. The summed E-state index contributed by atoms with van der Waals surface area (Å²) in [5.74, 6) is -1.03. The van der Waals surface area contributed by atoms with Gasteiger partial charge in [0.05, 0.1) is 18.6 Å². The van der Waals surface area contributed by atoms with Crippen molar-refractivity contribution in [3.05, 3.63) is 62.7 Å². The van der Waals surface area contributed by atoms with Gasteiger partial charge < -0.3 is 15.4 Å². The van der Waals surface area contributed by atoms with Crippen molar-refractivity contribution in [2.45, 2.75) is 6.92 Å². The minimum atomic E-state index is -0.649. The van der Waals surface area contributed by atoms with E-state index < -0.39 is 16.7 Å². The van der Waals surface area contributed by atoms with E-state index in [1.54, 1.807) is 25.1 Å². The molecule has 0 heterocycles. The Morgan fingerprint density at radius 2 is 2.00 bits per heavy atom. The molecule has 0 spiro atoms. The molecule has 0 aliphatic carbocycles. The number of nitrogens with one attached hydrogen (secondary N) is 2. The zero-order chi connectivity index (χ0) is 19.3. The van der Waals surface area contributed by atoms with Gasteiger partial charge in [-0.3, -0.25) is 19.7 Å². The minimum Gasteiger partial charge on any atom is -0.490 e. The Balaban J connectivity index is 2.02. The zero-order valence-electron chi connectivity index (χ0n) is 14.0. The number of rotatable bonds is 6. The summed E-state index contributed by atoms with van der Waals surface area (Å²) in [5.41, 5.74) is 0.958. The van der Waals surface area contributed by atoms with Crippen LogP contribution in [0.3, 0.4) is 0 Å². The van der Waals surface area contributed by atoms with Crippen molar-refractivity contribution in [1.82, 2.24) is 5.32 Å². The number of amides is 2. The summed E-state index contributed by atoms with van der Waals surface area (Å²) in [6.07, 6.45) is 0. The number of benzene rings is 2. The number of hydrogen-bond donors (Lipinski definition) is 2. The number of carbonyl (C=O) groups excluding carboxylic acids is 2. The lowest BCUT2D eigenvalue weighted by atomic mass is 10.1. The third-order valence-corrected chi connectivity index (χ3v) is 4.00. The molecule has 0 aliphatic heterocycles. The maximum absolute atomic E-state index is 12.1. The van der Waals surface area contributed by atoms with Gasteiger partial charge in [-0.25, -0.2) is 0 Å². The number of nitrogens with zero attached hydrogens (tertiary/aromatic N) is 1. The number of carbonyl (C=O) groups is 2. The molecule has 2 aromatic carbocycles. The molecule has 0 radical (unpaired) electrons. The largest absolute Gasteiger partial charge is 0.490 e. The van der Waals surface area contributed by atoms with E-state index in [4.69, 9.17) is 16.3 Å². The standard InChI is InChI=1S/C17H16ClN3O5/c1-10-12(18)4-3-5-13(10)20-16(22)9-19-17(23)11-6-7-15(26-2)14(8-11)21(24)25/h3-8H,9H2,1-2H3,(H,19,23)(H,20,22). The molecule has 2 rings (SSSR count). The van der Waals surface area contributed by atoms with E-state index in [0.29, 0.717) is 16.3 Å². The second kappa shape index (κ2) is 8.30. The molecule has 26 heavy (non-hydrogen) atoms. The van der Waals surface area contributed by atoms with Crippen molar-refractivity contribution in [1.29, 1.82) is 0 Å². The molecule has 0 aliphatic rings. The molecule has 0 saturated heterocycles. The topological polar surface area (TPSA) is 111 Å². The summed E-state index contributed by atoms with van der Waals surface area (Å²) in [7, 11) is 1.30. The Labute approximate surface area is 154 Å². The third kappa shape index (κ3) is 4.48. The predicted molar refractivity (Wildman–Crippen MR) is 96.8 cm³/mol. The predicted octanol–water partition coefficient (Wildman–Crippen LogP) is 2.93. The average molecular weight is 378 g/mol. The number of ether oxygens (including phenoxy) is 1. The Morgan fingerprint density at radius 3 is 2.65 bits per heavy atom. The summed E-state index contributed by atoms with van der Waals surface area (Å²) >= 11 is 5.98. The van der Waals surface area contributed by atoms with Crippen LogP contribution in [-0.4, -0.2) is 30.4 Å². The average Bonchev–Trinajstić information content (AvgIpc) is 2.62. The summed E-state index contributed by atoms with van der Waals surface area (Å²) in [4.78, 5) is 34.5. The SMILES string of the molecule is COc1ccc(C(=O)NCC(=O)Nc2cccc(Cl)c2C)cc1[N+](=O)[O-]. The maximum Gasteiger partial charge on any atom is 0.311 e. The van der Waals surface area contributed by atoms with Gasteiger partial charge in [0, 0.05) is 22.3 Å². The second-order valence-electron chi connectivity index (χ2n) is 5.29.